The van der Waals surface area contributed by atoms with Crippen LogP contribution in [0.2, 0.25) is 5.02 Å². The normalized spacial score (nSPS) is 12.4. The standard InChI is InChI=1S/C22H22ClFN4O4/c1-11(26-21(31)32-22(2,3)4)19-27-17-15(9-13(24)10-16(17)23)20(30)28(19)14-7-5-6-12(8-14)18(25)29/h5-11H,1-4H3,(H2,25,29)(H,26,31)/t11-/m0/s1. The van der Waals surface area contributed by atoms with Gasteiger partial charge in [0.05, 0.1) is 27.7 Å². The second kappa shape index (κ2) is 8.58. The van der Waals surface area contributed by atoms with Crippen LogP contribution in [-0.4, -0.2) is 27.2 Å². The van der Waals surface area contributed by atoms with Gasteiger partial charge in [-0.05, 0) is 58.0 Å². The van der Waals surface area contributed by atoms with Gasteiger partial charge >= 0.3 is 6.09 Å². The van der Waals surface area contributed by atoms with Crippen LogP contribution in [-0.2, 0) is 4.74 Å². The molecule has 32 heavy (non-hydrogen) atoms. The zero-order chi connectivity index (χ0) is 23.8. The number of fused-ring (bicyclic) bond motifs is 1. The van der Waals surface area contributed by atoms with Crippen LogP contribution in [0.5, 0.6) is 0 Å². The average Bonchev–Trinajstić information content (AvgIpc) is 2.66. The molecule has 1 atom stereocenters. The van der Waals surface area contributed by atoms with E-state index in [2.05, 4.69) is 10.3 Å². The largest absolute Gasteiger partial charge is 0.444 e. The number of carbonyl (C=O) groups is 2. The molecule has 0 unspecified atom stereocenters. The van der Waals surface area contributed by atoms with Gasteiger partial charge in [0.25, 0.3) is 5.56 Å². The maximum Gasteiger partial charge on any atom is 0.408 e. The molecule has 168 valence electrons. The van der Waals surface area contributed by atoms with Crippen molar-refractivity contribution in [3.05, 3.63) is 69.0 Å². The number of hydrogen-bond donors (Lipinski definition) is 2. The summed E-state index contributed by atoms with van der Waals surface area (Å²) in [5.41, 5.74) is 4.49. The fourth-order valence-corrected chi connectivity index (χ4v) is 3.37. The molecular formula is C22H22ClFN4O4. The van der Waals surface area contributed by atoms with Crippen molar-refractivity contribution in [3.8, 4) is 5.69 Å². The monoisotopic (exact) mass is 460 g/mol. The summed E-state index contributed by atoms with van der Waals surface area (Å²) in [6.45, 7) is 6.74. The molecule has 2 amide bonds. The number of nitrogens with one attached hydrogen (secondary N) is 1. The molecule has 3 aromatic rings. The molecule has 8 nitrogen and oxygen atoms in total. The van der Waals surface area contributed by atoms with E-state index in [4.69, 9.17) is 22.1 Å². The number of alkyl carbamates (subject to hydrolysis) is 1. The van der Waals surface area contributed by atoms with Crippen molar-refractivity contribution >= 4 is 34.5 Å². The Labute approximate surface area is 188 Å². The summed E-state index contributed by atoms with van der Waals surface area (Å²) in [5, 5.41) is 2.51. The molecule has 0 saturated carbocycles. The fourth-order valence-electron chi connectivity index (χ4n) is 3.12. The molecule has 3 rings (SSSR count). The van der Waals surface area contributed by atoms with Crippen LogP contribution < -0.4 is 16.6 Å². The van der Waals surface area contributed by atoms with Gasteiger partial charge in [0, 0.05) is 5.56 Å². The number of ether oxygens (including phenoxy) is 1. The minimum Gasteiger partial charge on any atom is -0.444 e. The number of aromatic nitrogens is 2. The molecule has 2 aromatic carbocycles. The van der Waals surface area contributed by atoms with Crippen molar-refractivity contribution in [2.45, 2.75) is 39.3 Å². The smallest absolute Gasteiger partial charge is 0.408 e. The molecule has 0 aliphatic carbocycles. The van der Waals surface area contributed by atoms with E-state index in [0.29, 0.717) is 0 Å². The maximum atomic E-state index is 14.0. The van der Waals surface area contributed by atoms with Gasteiger partial charge in [-0.25, -0.2) is 14.2 Å². The molecule has 0 radical (unpaired) electrons. The van der Waals surface area contributed by atoms with Crippen molar-refractivity contribution in [1.82, 2.24) is 14.9 Å². The van der Waals surface area contributed by atoms with Crippen LogP contribution >= 0.6 is 11.6 Å². The first-order valence-electron chi connectivity index (χ1n) is 9.69. The van der Waals surface area contributed by atoms with E-state index in [0.717, 1.165) is 12.1 Å². The molecule has 0 saturated heterocycles. The van der Waals surface area contributed by atoms with Gasteiger partial charge in [-0.2, -0.15) is 0 Å². The summed E-state index contributed by atoms with van der Waals surface area (Å²) >= 11 is 6.15. The van der Waals surface area contributed by atoms with Crippen molar-refractivity contribution in [3.63, 3.8) is 0 Å². The number of nitrogens with two attached hydrogens (primary N) is 1. The van der Waals surface area contributed by atoms with E-state index in [1.54, 1.807) is 39.8 Å². The molecule has 0 bridgehead atoms. The Morgan fingerprint density at radius 1 is 1.25 bits per heavy atom. The molecule has 0 aliphatic rings. The Hall–Kier alpha value is -3.46. The lowest BCUT2D eigenvalue weighted by Gasteiger charge is -2.23. The SMILES string of the molecule is C[C@H](NC(=O)OC(C)(C)C)c1nc2c(Cl)cc(F)cc2c(=O)n1-c1cccc(C(N)=O)c1. The zero-order valence-electron chi connectivity index (χ0n) is 17.9. The highest BCUT2D eigenvalue weighted by Crippen LogP contribution is 2.25. The van der Waals surface area contributed by atoms with E-state index in [1.165, 1.54) is 16.7 Å². The Balaban J connectivity index is 2.25. The number of amides is 2. The summed E-state index contributed by atoms with van der Waals surface area (Å²) in [4.78, 5) is 41.8. The number of nitrogens with zero attached hydrogens (tertiary/aromatic N) is 2. The van der Waals surface area contributed by atoms with Gasteiger partial charge in [-0.15, -0.1) is 0 Å². The highest BCUT2D eigenvalue weighted by atomic mass is 35.5. The molecule has 0 aliphatic heterocycles. The number of hydrogen-bond acceptors (Lipinski definition) is 5. The molecule has 1 aromatic heterocycles. The van der Waals surface area contributed by atoms with Crippen LogP contribution in [0.4, 0.5) is 9.18 Å². The molecule has 0 spiro atoms. The highest BCUT2D eigenvalue weighted by Gasteiger charge is 2.24. The van der Waals surface area contributed by atoms with E-state index in [1.807, 2.05) is 0 Å². The van der Waals surface area contributed by atoms with E-state index < -0.39 is 35.0 Å². The predicted octanol–water partition coefficient (Wildman–Crippen LogP) is 3.86. The third-order valence-electron chi connectivity index (χ3n) is 4.43. The molecule has 0 fully saturated rings. The first-order chi connectivity index (χ1) is 14.9. The number of rotatable bonds is 4. The fraction of sp³-hybridized carbons (Fsp3) is 0.273. The van der Waals surface area contributed by atoms with Crippen molar-refractivity contribution in [1.29, 1.82) is 0 Å². The summed E-state index contributed by atoms with van der Waals surface area (Å²) < 4.78 is 20.4. The third-order valence-corrected chi connectivity index (χ3v) is 4.71. The number of benzene rings is 2. The Morgan fingerprint density at radius 2 is 1.94 bits per heavy atom. The van der Waals surface area contributed by atoms with Crippen LogP contribution in [0.1, 0.15) is 49.9 Å². The lowest BCUT2D eigenvalue weighted by molar-refractivity contribution is 0.0505. The molecule has 1 heterocycles. The maximum absolute atomic E-state index is 14.0. The topological polar surface area (TPSA) is 116 Å². The van der Waals surface area contributed by atoms with Crippen molar-refractivity contribution < 1.29 is 18.7 Å². The van der Waals surface area contributed by atoms with E-state index in [-0.39, 0.29) is 33.0 Å². The number of primary amides is 1. The van der Waals surface area contributed by atoms with Crippen LogP contribution in [0.3, 0.4) is 0 Å². The number of halogens is 2. The van der Waals surface area contributed by atoms with Gasteiger partial charge in [0.2, 0.25) is 5.91 Å². The Morgan fingerprint density at radius 3 is 2.56 bits per heavy atom. The lowest BCUT2D eigenvalue weighted by Crippen LogP contribution is -2.37. The summed E-state index contributed by atoms with van der Waals surface area (Å²) in [7, 11) is 0. The first-order valence-corrected chi connectivity index (χ1v) is 10.1. The van der Waals surface area contributed by atoms with Crippen LogP contribution in [0, 0.1) is 5.82 Å². The zero-order valence-corrected chi connectivity index (χ0v) is 18.7. The van der Waals surface area contributed by atoms with Crippen molar-refractivity contribution in [2.75, 3.05) is 0 Å². The highest BCUT2D eigenvalue weighted by molar-refractivity contribution is 6.35. The first kappa shape index (κ1) is 23.2. The van der Waals surface area contributed by atoms with E-state index >= 15 is 0 Å². The molecule has 10 heteroatoms. The lowest BCUT2D eigenvalue weighted by atomic mass is 10.1. The second-order valence-corrected chi connectivity index (χ2v) is 8.58. The summed E-state index contributed by atoms with van der Waals surface area (Å²) in [6.07, 6.45) is -0.720. The van der Waals surface area contributed by atoms with Gasteiger partial charge in [-0.3, -0.25) is 14.2 Å². The Bertz CT molecular complexity index is 1280. The van der Waals surface area contributed by atoms with Crippen molar-refractivity contribution in [2.24, 2.45) is 5.73 Å². The van der Waals surface area contributed by atoms with Gasteiger partial charge in [0.1, 0.15) is 17.2 Å². The van der Waals surface area contributed by atoms with Gasteiger partial charge in [-0.1, -0.05) is 17.7 Å². The molecular weight excluding hydrogens is 439 g/mol. The third kappa shape index (κ3) is 4.88. The summed E-state index contributed by atoms with van der Waals surface area (Å²) in [5.74, 6) is -1.29. The van der Waals surface area contributed by atoms with Gasteiger partial charge < -0.3 is 15.8 Å². The van der Waals surface area contributed by atoms with E-state index in [9.17, 15) is 18.8 Å². The second-order valence-electron chi connectivity index (χ2n) is 8.18. The van der Waals surface area contributed by atoms with Gasteiger partial charge in [0.15, 0.2) is 0 Å². The van der Waals surface area contributed by atoms with Crippen LogP contribution in [0.15, 0.2) is 41.2 Å². The predicted molar refractivity (Wildman–Crippen MR) is 119 cm³/mol. The summed E-state index contributed by atoms with van der Waals surface area (Å²) in [6, 6.07) is 7.25. The van der Waals surface area contributed by atoms with Crippen LogP contribution in [0.25, 0.3) is 16.6 Å². The average molecular weight is 461 g/mol. The minimum absolute atomic E-state index is 0.0548. The Kier molecular flexibility index (Phi) is 6.23. The minimum atomic E-state index is -0.819. The number of carbonyl (C=O) groups excluding carboxylic acids is 2. The quantitative estimate of drug-likeness (QED) is 0.613. The molecule has 3 N–H and O–H groups in total.